The van der Waals surface area contributed by atoms with Gasteiger partial charge in [0.05, 0.1) is 13.3 Å². The Balaban J connectivity index is 1.47. The summed E-state index contributed by atoms with van der Waals surface area (Å²) >= 11 is 0. The zero-order valence-electron chi connectivity index (χ0n) is 16.4. The molecule has 0 aliphatic rings. The number of hydrogen-bond acceptors (Lipinski definition) is 5. The van der Waals surface area contributed by atoms with Gasteiger partial charge in [-0.1, -0.05) is 36.4 Å². The van der Waals surface area contributed by atoms with Crippen LogP contribution in [0, 0.1) is 0 Å². The van der Waals surface area contributed by atoms with Gasteiger partial charge < -0.3 is 14.8 Å². The van der Waals surface area contributed by atoms with Gasteiger partial charge in [0.1, 0.15) is 18.1 Å². The monoisotopic (exact) mass is 403 g/mol. The van der Waals surface area contributed by atoms with E-state index >= 15 is 0 Å². The van der Waals surface area contributed by atoms with E-state index in [4.69, 9.17) is 9.47 Å². The first-order chi connectivity index (χ1) is 14.6. The van der Waals surface area contributed by atoms with Gasteiger partial charge in [-0.25, -0.2) is 5.43 Å². The summed E-state index contributed by atoms with van der Waals surface area (Å²) in [5, 5.41) is 6.29. The molecule has 7 heteroatoms. The van der Waals surface area contributed by atoms with Gasteiger partial charge in [-0.3, -0.25) is 9.59 Å². The van der Waals surface area contributed by atoms with Crippen LogP contribution in [0.25, 0.3) is 0 Å². The molecule has 2 N–H and O–H groups in total. The van der Waals surface area contributed by atoms with Crippen molar-refractivity contribution in [3.63, 3.8) is 0 Å². The SMILES string of the molecule is COc1cccc(NC(=O)C(=O)N/N=C\c2ccc(OCc3ccccc3)cc2)c1. The number of methoxy groups -OCH3 is 1. The molecular weight excluding hydrogens is 382 g/mol. The van der Waals surface area contributed by atoms with Crippen molar-refractivity contribution >= 4 is 23.7 Å². The van der Waals surface area contributed by atoms with Crippen LogP contribution >= 0.6 is 0 Å². The van der Waals surface area contributed by atoms with Crippen LogP contribution in [0.2, 0.25) is 0 Å². The number of anilines is 1. The Morgan fingerprint density at radius 3 is 2.40 bits per heavy atom. The third-order valence-corrected chi connectivity index (χ3v) is 4.04. The molecule has 0 atom stereocenters. The molecule has 0 fully saturated rings. The van der Waals surface area contributed by atoms with Gasteiger partial charge in [-0.15, -0.1) is 0 Å². The molecule has 7 nitrogen and oxygen atoms in total. The van der Waals surface area contributed by atoms with Gasteiger partial charge in [-0.2, -0.15) is 5.10 Å². The number of carbonyl (C=O) groups excluding carboxylic acids is 2. The molecule has 152 valence electrons. The Morgan fingerprint density at radius 1 is 0.900 bits per heavy atom. The standard InChI is InChI=1S/C23H21N3O4/c1-29-21-9-5-8-19(14-21)25-22(27)23(28)26-24-15-17-10-12-20(13-11-17)30-16-18-6-3-2-4-7-18/h2-15H,16H2,1H3,(H,25,27)(H,26,28)/b24-15-. The van der Waals surface area contributed by atoms with Crippen molar-refractivity contribution in [2.24, 2.45) is 5.10 Å². The van der Waals surface area contributed by atoms with Crippen LogP contribution < -0.4 is 20.2 Å². The van der Waals surface area contributed by atoms with E-state index in [9.17, 15) is 9.59 Å². The number of benzene rings is 3. The fraction of sp³-hybridized carbons (Fsp3) is 0.0870. The lowest BCUT2D eigenvalue weighted by Gasteiger charge is -2.06. The van der Waals surface area contributed by atoms with Crippen LogP contribution in [-0.4, -0.2) is 25.1 Å². The molecule has 0 aliphatic heterocycles. The van der Waals surface area contributed by atoms with E-state index in [1.807, 2.05) is 42.5 Å². The summed E-state index contributed by atoms with van der Waals surface area (Å²) in [4.78, 5) is 23.8. The van der Waals surface area contributed by atoms with Crippen LogP contribution in [0.15, 0.2) is 84.0 Å². The van der Waals surface area contributed by atoms with Crippen molar-refractivity contribution in [1.29, 1.82) is 0 Å². The van der Waals surface area contributed by atoms with Gasteiger partial charge in [0.2, 0.25) is 0 Å². The Bertz CT molecular complexity index is 1020. The normalized spacial score (nSPS) is 10.4. The number of nitrogens with one attached hydrogen (secondary N) is 2. The largest absolute Gasteiger partial charge is 0.497 e. The van der Waals surface area contributed by atoms with Gasteiger partial charge in [-0.05, 0) is 47.5 Å². The van der Waals surface area contributed by atoms with Crippen molar-refractivity contribution in [3.05, 3.63) is 90.0 Å². The Morgan fingerprint density at radius 2 is 1.67 bits per heavy atom. The smallest absolute Gasteiger partial charge is 0.329 e. The van der Waals surface area contributed by atoms with Gasteiger partial charge in [0.25, 0.3) is 0 Å². The van der Waals surface area contributed by atoms with Crippen LogP contribution in [0.3, 0.4) is 0 Å². The summed E-state index contributed by atoms with van der Waals surface area (Å²) in [6, 6.07) is 23.8. The van der Waals surface area contributed by atoms with Crippen LogP contribution in [0.4, 0.5) is 5.69 Å². The summed E-state index contributed by atoms with van der Waals surface area (Å²) in [5.41, 5.74) is 4.47. The highest BCUT2D eigenvalue weighted by Gasteiger charge is 2.13. The summed E-state index contributed by atoms with van der Waals surface area (Å²) in [5.74, 6) is -0.415. The van der Waals surface area contributed by atoms with Crippen LogP contribution in [0.5, 0.6) is 11.5 Å². The number of hydrogen-bond donors (Lipinski definition) is 2. The number of hydrazone groups is 1. The average molecular weight is 403 g/mol. The molecular formula is C23H21N3O4. The fourth-order valence-corrected chi connectivity index (χ4v) is 2.50. The van der Waals surface area contributed by atoms with E-state index in [0.717, 1.165) is 16.9 Å². The first-order valence-corrected chi connectivity index (χ1v) is 9.19. The number of nitrogens with zero attached hydrogens (tertiary/aromatic N) is 1. The van der Waals surface area contributed by atoms with E-state index in [0.29, 0.717) is 18.0 Å². The Kier molecular flexibility index (Phi) is 7.16. The van der Waals surface area contributed by atoms with Crippen LogP contribution in [0.1, 0.15) is 11.1 Å². The van der Waals surface area contributed by atoms with E-state index in [2.05, 4.69) is 15.8 Å². The van der Waals surface area contributed by atoms with Crippen LogP contribution in [-0.2, 0) is 16.2 Å². The lowest BCUT2D eigenvalue weighted by Crippen LogP contribution is -2.32. The topological polar surface area (TPSA) is 89.0 Å². The summed E-state index contributed by atoms with van der Waals surface area (Å²) < 4.78 is 10.8. The molecule has 0 aromatic heterocycles. The first kappa shape index (κ1) is 20.6. The number of rotatable bonds is 7. The van der Waals surface area contributed by atoms with E-state index in [-0.39, 0.29) is 0 Å². The molecule has 0 saturated heterocycles. The van der Waals surface area contributed by atoms with Gasteiger partial charge in [0, 0.05) is 11.8 Å². The maximum absolute atomic E-state index is 11.9. The number of ether oxygens (including phenoxy) is 2. The highest BCUT2D eigenvalue weighted by atomic mass is 16.5. The zero-order valence-corrected chi connectivity index (χ0v) is 16.4. The molecule has 0 spiro atoms. The quantitative estimate of drug-likeness (QED) is 0.360. The third-order valence-electron chi connectivity index (χ3n) is 4.04. The predicted molar refractivity (Wildman–Crippen MR) is 115 cm³/mol. The minimum absolute atomic E-state index is 0.449. The predicted octanol–water partition coefficient (Wildman–Crippen LogP) is 3.36. The second-order valence-corrected chi connectivity index (χ2v) is 6.23. The molecule has 0 bridgehead atoms. The molecule has 0 heterocycles. The molecule has 3 aromatic rings. The zero-order chi connectivity index (χ0) is 21.2. The van der Waals surface area contributed by atoms with Crippen molar-refractivity contribution in [1.82, 2.24) is 5.43 Å². The summed E-state index contributed by atoms with van der Waals surface area (Å²) in [6.07, 6.45) is 1.44. The lowest BCUT2D eigenvalue weighted by molar-refractivity contribution is -0.136. The second-order valence-electron chi connectivity index (χ2n) is 6.23. The van der Waals surface area contributed by atoms with Crippen molar-refractivity contribution < 1.29 is 19.1 Å². The fourth-order valence-electron chi connectivity index (χ4n) is 2.50. The maximum atomic E-state index is 11.9. The molecule has 30 heavy (non-hydrogen) atoms. The molecule has 0 saturated carbocycles. The summed E-state index contributed by atoms with van der Waals surface area (Å²) in [6.45, 7) is 0.479. The molecule has 0 aliphatic carbocycles. The number of amides is 2. The maximum Gasteiger partial charge on any atom is 0.329 e. The molecule has 0 radical (unpaired) electrons. The van der Waals surface area contributed by atoms with Crippen molar-refractivity contribution in [3.8, 4) is 11.5 Å². The number of carbonyl (C=O) groups is 2. The van der Waals surface area contributed by atoms with E-state index in [1.54, 1.807) is 36.4 Å². The first-order valence-electron chi connectivity index (χ1n) is 9.19. The molecule has 3 aromatic carbocycles. The van der Waals surface area contributed by atoms with E-state index in [1.165, 1.54) is 13.3 Å². The van der Waals surface area contributed by atoms with Gasteiger partial charge >= 0.3 is 11.8 Å². The summed E-state index contributed by atoms with van der Waals surface area (Å²) in [7, 11) is 1.52. The van der Waals surface area contributed by atoms with Gasteiger partial charge in [0.15, 0.2) is 0 Å². The molecule has 0 unspecified atom stereocenters. The molecule has 2 amide bonds. The third kappa shape index (κ3) is 6.20. The Labute approximate surface area is 174 Å². The van der Waals surface area contributed by atoms with E-state index < -0.39 is 11.8 Å². The lowest BCUT2D eigenvalue weighted by atomic mass is 10.2. The molecule has 3 rings (SSSR count). The van der Waals surface area contributed by atoms with Crippen molar-refractivity contribution in [2.75, 3.05) is 12.4 Å². The highest BCUT2D eigenvalue weighted by Crippen LogP contribution is 2.16. The minimum atomic E-state index is -0.878. The Hall–Kier alpha value is -4.13. The second kappa shape index (κ2) is 10.4. The highest BCUT2D eigenvalue weighted by molar-refractivity contribution is 6.39. The minimum Gasteiger partial charge on any atom is -0.497 e. The average Bonchev–Trinajstić information content (AvgIpc) is 2.79. The van der Waals surface area contributed by atoms with Crippen molar-refractivity contribution in [2.45, 2.75) is 6.61 Å².